The number of nitrogen functional groups attached to an aromatic ring is 1. The van der Waals surface area contributed by atoms with Gasteiger partial charge in [0.05, 0.1) is 11.6 Å². The number of nitrogens with two attached hydrogens (primary N) is 1. The van der Waals surface area contributed by atoms with Crippen LogP contribution in [0.5, 0.6) is 0 Å². The molecule has 2 heterocycles. The van der Waals surface area contributed by atoms with Gasteiger partial charge in [0.1, 0.15) is 5.82 Å². The Bertz CT molecular complexity index is 574. The number of nitrogens with one attached hydrogen (secondary N) is 2. The molecule has 0 aliphatic heterocycles. The summed E-state index contributed by atoms with van der Waals surface area (Å²) in [5.41, 5.74) is 6.35. The van der Waals surface area contributed by atoms with Gasteiger partial charge in [0, 0.05) is 18.6 Å². The topological polar surface area (TPSA) is 95.8 Å². The van der Waals surface area contributed by atoms with Crippen molar-refractivity contribution in [3.05, 3.63) is 6.20 Å². The van der Waals surface area contributed by atoms with Gasteiger partial charge in [0.2, 0.25) is 5.95 Å². The number of hydrogen-bond donors (Lipinski definition) is 3. The lowest BCUT2D eigenvalue weighted by atomic mass is 10.3. The van der Waals surface area contributed by atoms with Gasteiger partial charge in [-0.3, -0.25) is 10.00 Å². The van der Waals surface area contributed by atoms with E-state index in [0.717, 1.165) is 23.8 Å². The molecule has 2 aromatic heterocycles. The second-order valence-corrected chi connectivity index (χ2v) is 5.19. The Hall–Kier alpha value is -1.89. The van der Waals surface area contributed by atoms with Crippen molar-refractivity contribution in [2.24, 2.45) is 0 Å². The highest BCUT2D eigenvalue weighted by molar-refractivity contribution is 5.86. The molecule has 4 N–H and O–H groups in total. The number of anilines is 2. The lowest BCUT2D eigenvalue weighted by molar-refractivity contribution is 0.257. The van der Waals surface area contributed by atoms with Gasteiger partial charge in [0.15, 0.2) is 5.65 Å². The molecule has 0 saturated heterocycles. The SMILES string of the molecule is CC(CNc1nc(N)nc2[nH]ncc12)N(C)C1CC1. The molecule has 3 rings (SSSR count). The van der Waals surface area contributed by atoms with Crippen LogP contribution in [0.2, 0.25) is 0 Å². The van der Waals surface area contributed by atoms with Crippen LogP contribution < -0.4 is 11.1 Å². The third-order valence-corrected chi connectivity index (χ3v) is 3.71. The van der Waals surface area contributed by atoms with Crippen molar-refractivity contribution in [1.82, 2.24) is 25.1 Å². The lowest BCUT2D eigenvalue weighted by Crippen LogP contribution is -2.36. The van der Waals surface area contributed by atoms with E-state index >= 15 is 0 Å². The van der Waals surface area contributed by atoms with E-state index in [0.29, 0.717) is 11.7 Å². The maximum Gasteiger partial charge on any atom is 0.224 e. The summed E-state index contributed by atoms with van der Waals surface area (Å²) in [6.07, 6.45) is 4.34. The number of aromatic nitrogens is 4. The van der Waals surface area contributed by atoms with Crippen LogP contribution in [0.1, 0.15) is 19.8 Å². The average molecular weight is 261 g/mol. The summed E-state index contributed by atoms with van der Waals surface area (Å²) in [6.45, 7) is 3.03. The fourth-order valence-corrected chi connectivity index (χ4v) is 2.22. The van der Waals surface area contributed by atoms with Crippen LogP contribution in [0.4, 0.5) is 11.8 Å². The van der Waals surface area contributed by atoms with Gasteiger partial charge in [-0.25, -0.2) is 0 Å². The van der Waals surface area contributed by atoms with Crippen LogP contribution in [0.15, 0.2) is 6.20 Å². The summed E-state index contributed by atoms with van der Waals surface area (Å²) in [5, 5.41) is 11.0. The largest absolute Gasteiger partial charge is 0.368 e. The monoisotopic (exact) mass is 261 g/mol. The molecule has 102 valence electrons. The van der Waals surface area contributed by atoms with Crippen molar-refractivity contribution in [2.75, 3.05) is 24.6 Å². The van der Waals surface area contributed by atoms with Crippen LogP contribution in [0.3, 0.4) is 0 Å². The number of nitrogens with zero attached hydrogens (tertiary/aromatic N) is 4. The number of hydrogen-bond acceptors (Lipinski definition) is 6. The highest BCUT2D eigenvalue weighted by Gasteiger charge is 2.29. The summed E-state index contributed by atoms with van der Waals surface area (Å²) < 4.78 is 0. The minimum atomic E-state index is 0.252. The molecule has 1 aliphatic rings. The summed E-state index contributed by atoms with van der Waals surface area (Å²) in [4.78, 5) is 10.7. The van der Waals surface area contributed by atoms with Crippen LogP contribution in [-0.2, 0) is 0 Å². The van der Waals surface area contributed by atoms with E-state index in [1.165, 1.54) is 12.8 Å². The van der Waals surface area contributed by atoms with Crippen LogP contribution >= 0.6 is 0 Å². The quantitative estimate of drug-likeness (QED) is 0.738. The third-order valence-electron chi connectivity index (χ3n) is 3.71. The van der Waals surface area contributed by atoms with Gasteiger partial charge in [-0.05, 0) is 26.8 Å². The Labute approximate surface area is 111 Å². The molecule has 1 unspecified atom stereocenters. The van der Waals surface area contributed by atoms with E-state index in [4.69, 9.17) is 5.73 Å². The van der Waals surface area contributed by atoms with Crippen molar-refractivity contribution in [1.29, 1.82) is 0 Å². The number of likely N-dealkylation sites (N-methyl/N-ethyl adjacent to an activating group) is 1. The minimum absolute atomic E-state index is 0.252. The first-order valence-corrected chi connectivity index (χ1v) is 6.57. The van der Waals surface area contributed by atoms with E-state index in [1.54, 1.807) is 6.20 Å². The molecule has 1 atom stereocenters. The Morgan fingerprint density at radius 3 is 3.05 bits per heavy atom. The fraction of sp³-hybridized carbons (Fsp3) is 0.583. The standard InChI is InChI=1S/C12H19N7/c1-7(19(2)8-3-4-8)5-14-10-9-6-15-18-11(9)17-12(13)16-10/h6-8H,3-5H2,1-2H3,(H4,13,14,15,16,17,18). The van der Waals surface area contributed by atoms with E-state index < -0.39 is 0 Å². The van der Waals surface area contributed by atoms with Crippen LogP contribution in [0, 0.1) is 0 Å². The molecule has 1 aliphatic carbocycles. The minimum Gasteiger partial charge on any atom is -0.368 e. The summed E-state index contributed by atoms with van der Waals surface area (Å²) >= 11 is 0. The Morgan fingerprint density at radius 2 is 2.32 bits per heavy atom. The molecule has 0 aromatic carbocycles. The molecule has 7 nitrogen and oxygen atoms in total. The molecule has 2 aromatic rings. The van der Waals surface area contributed by atoms with Gasteiger partial charge >= 0.3 is 0 Å². The summed E-state index contributed by atoms with van der Waals surface area (Å²) in [6, 6.07) is 1.20. The first kappa shape index (κ1) is 12.2. The Balaban J connectivity index is 1.72. The average Bonchev–Trinajstić information content (AvgIpc) is 3.13. The molecule has 1 saturated carbocycles. The predicted molar refractivity (Wildman–Crippen MR) is 74.8 cm³/mol. The predicted octanol–water partition coefficient (Wildman–Crippen LogP) is 0.830. The molecule has 0 bridgehead atoms. The van der Waals surface area contributed by atoms with Crippen molar-refractivity contribution in [2.45, 2.75) is 31.8 Å². The van der Waals surface area contributed by atoms with E-state index in [-0.39, 0.29) is 5.95 Å². The molecule has 0 radical (unpaired) electrons. The summed E-state index contributed by atoms with van der Waals surface area (Å²) in [7, 11) is 2.17. The molecule has 0 spiro atoms. The zero-order valence-corrected chi connectivity index (χ0v) is 11.2. The van der Waals surface area contributed by atoms with Crippen molar-refractivity contribution < 1.29 is 0 Å². The normalized spacial score (nSPS) is 17.0. The maximum atomic E-state index is 5.69. The van der Waals surface area contributed by atoms with E-state index in [2.05, 4.69) is 44.4 Å². The summed E-state index contributed by atoms with van der Waals surface area (Å²) in [5.74, 6) is 0.995. The van der Waals surface area contributed by atoms with Gasteiger partial charge in [-0.2, -0.15) is 15.1 Å². The first-order valence-electron chi connectivity index (χ1n) is 6.57. The van der Waals surface area contributed by atoms with Crippen molar-refractivity contribution in [3.8, 4) is 0 Å². The molecule has 19 heavy (non-hydrogen) atoms. The molecule has 0 amide bonds. The molecule has 1 fully saturated rings. The van der Waals surface area contributed by atoms with Crippen molar-refractivity contribution in [3.63, 3.8) is 0 Å². The number of aromatic amines is 1. The molecule has 7 heteroatoms. The number of fused-ring (bicyclic) bond motifs is 1. The third kappa shape index (κ3) is 2.46. The van der Waals surface area contributed by atoms with Gasteiger partial charge in [-0.15, -0.1) is 0 Å². The van der Waals surface area contributed by atoms with Crippen LogP contribution in [-0.4, -0.2) is 50.7 Å². The fourth-order valence-electron chi connectivity index (χ4n) is 2.22. The Kier molecular flexibility index (Phi) is 2.98. The second kappa shape index (κ2) is 4.65. The lowest BCUT2D eigenvalue weighted by Gasteiger charge is -2.24. The highest BCUT2D eigenvalue weighted by Crippen LogP contribution is 2.27. The Morgan fingerprint density at radius 1 is 1.53 bits per heavy atom. The van der Waals surface area contributed by atoms with Crippen LogP contribution in [0.25, 0.3) is 11.0 Å². The molecular formula is C12H19N7. The van der Waals surface area contributed by atoms with Gasteiger partial charge < -0.3 is 11.1 Å². The smallest absolute Gasteiger partial charge is 0.224 e. The zero-order valence-electron chi connectivity index (χ0n) is 11.2. The van der Waals surface area contributed by atoms with Crippen molar-refractivity contribution >= 4 is 22.8 Å². The van der Waals surface area contributed by atoms with Gasteiger partial charge in [-0.1, -0.05) is 0 Å². The molecular weight excluding hydrogens is 242 g/mol. The van der Waals surface area contributed by atoms with E-state index in [9.17, 15) is 0 Å². The second-order valence-electron chi connectivity index (χ2n) is 5.19. The maximum absolute atomic E-state index is 5.69. The highest BCUT2D eigenvalue weighted by atomic mass is 15.2. The number of H-pyrrole nitrogens is 1. The zero-order chi connectivity index (χ0) is 13.4. The van der Waals surface area contributed by atoms with Gasteiger partial charge in [0.25, 0.3) is 0 Å². The first-order chi connectivity index (χ1) is 9.15. The van der Waals surface area contributed by atoms with E-state index in [1.807, 2.05) is 0 Å². The number of rotatable bonds is 5.